The predicted molar refractivity (Wildman–Crippen MR) is 64.1 cm³/mol. The zero-order valence-electron chi connectivity index (χ0n) is 10.1. The molecule has 1 aromatic rings. The first-order valence-electron chi connectivity index (χ1n) is 6.64. The molecule has 0 aromatic carbocycles. The second-order valence-corrected chi connectivity index (χ2v) is 5.09. The van der Waals surface area contributed by atoms with Crippen LogP contribution in [0, 0.1) is 0 Å². The second-order valence-electron chi connectivity index (χ2n) is 5.09. The number of aromatic nitrogens is 2. The smallest absolute Gasteiger partial charge is 0.112 e. The predicted octanol–water partition coefficient (Wildman–Crippen LogP) is 1.65. The van der Waals surface area contributed by atoms with Crippen LogP contribution in [0.15, 0.2) is 6.20 Å². The first kappa shape index (κ1) is 11.2. The van der Waals surface area contributed by atoms with Crippen LogP contribution in [0.25, 0.3) is 0 Å². The molecule has 1 aromatic heterocycles. The van der Waals surface area contributed by atoms with Crippen LogP contribution in [-0.2, 0) is 11.2 Å². The lowest BCUT2D eigenvalue weighted by molar-refractivity contribution is 0.0814. The summed E-state index contributed by atoms with van der Waals surface area (Å²) in [5.74, 6) is 1.70. The molecule has 0 saturated carbocycles. The number of hydrogen-bond acceptors (Lipinski definition) is 3. The van der Waals surface area contributed by atoms with Gasteiger partial charge in [-0.05, 0) is 32.1 Å². The van der Waals surface area contributed by atoms with E-state index >= 15 is 0 Å². The molecule has 4 heteroatoms. The quantitative estimate of drug-likeness (QED) is 0.849. The van der Waals surface area contributed by atoms with Gasteiger partial charge in [0.1, 0.15) is 5.82 Å². The number of nitrogens with zero attached hydrogens (tertiary/aromatic N) is 2. The number of rotatable bonds is 2. The average Bonchev–Trinajstić information content (AvgIpc) is 2.83. The van der Waals surface area contributed by atoms with Crippen molar-refractivity contribution < 1.29 is 9.84 Å². The molecule has 17 heavy (non-hydrogen) atoms. The Hall–Kier alpha value is -0.870. The van der Waals surface area contributed by atoms with Crippen molar-refractivity contribution in [2.75, 3.05) is 19.8 Å². The van der Waals surface area contributed by atoms with Gasteiger partial charge in [0.15, 0.2) is 0 Å². The molecule has 0 spiro atoms. The normalized spacial score (nSPS) is 25.8. The summed E-state index contributed by atoms with van der Waals surface area (Å²) in [5.41, 5.74) is 1.30. The number of aliphatic hydroxyl groups excluding tert-OH is 1. The number of fused-ring (bicyclic) bond motifs is 1. The maximum Gasteiger partial charge on any atom is 0.112 e. The van der Waals surface area contributed by atoms with Crippen LogP contribution in [0.3, 0.4) is 0 Å². The third kappa shape index (κ3) is 2.00. The van der Waals surface area contributed by atoms with Gasteiger partial charge in [0, 0.05) is 31.0 Å². The number of aryl methyl sites for hydroxylation is 1. The van der Waals surface area contributed by atoms with Crippen molar-refractivity contribution in [1.29, 1.82) is 0 Å². The molecule has 94 valence electrons. The molecule has 0 bridgehead atoms. The zero-order chi connectivity index (χ0) is 11.7. The molecule has 4 nitrogen and oxygen atoms in total. The van der Waals surface area contributed by atoms with Gasteiger partial charge >= 0.3 is 0 Å². The minimum atomic E-state index is 0.236. The number of aliphatic hydroxyl groups is 1. The van der Waals surface area contributed by atoms with Gasteiger partial charge in [0.2, 0.25) is 0 Å². The van der Waals surface area contributed by atoms with Crippen LogP contribution in [0.1, 0.15) is 49.2 Å². The molecule has 1 unspecified atom stereocenters. The Morgan fingerprint density at radius 1 is 1.35 bits per heavy atom. The van der Waals surface area contributed by atoms with Crippen LogP contribution < -0.4 is 0 Å². The van der Waals surface area contributed by atoms with Crippen molar-refractivity contribution in [3.05, 3.63) is 17.7 Å². The highest BCUT2D eigenvalue weighted by molar-refractivity contribution is 5.14. The maximum atomic E-state index is 9.51. The zero-order valence-corrected chi connectivity index (χ0v) is 10.1. The SMILES string of the molecule is OCC1CCCc2cnc(C3CCOCC3)n21. The Bertz CT molecular complexity index is 383. The summed E-state index contributed by atoms with van der Waals surface area (Å²) in [6, 6.07) is 0.249. The van der Waals surface area contributed by atoms with E-state index in [2.05, 4.69) is 9.55 Å². The van der Waals surface area contributed by atoms with E-state index in [1.165, 1.54) is 17.9 Å². The van der Waals surface area contributed by atoms with E-state index in [-0.39, 0.29) is 12.6 Å². The first-order chi connectivity index (χ1) is 8.40. The Labute approximate surface area is 102 Å². The molecule has 1 N–H and O–H groups in total. The van der Waals surface area contributed by atoms with Crippen molar-refractivity contribution >= 4 is 0 Å². The molecule has 3 heterocycles. The van der Waals surface area contributed by atoms with Gasteiger partial charge in [-0.2, -0.15) is 0 Å². The fourth-order valence-corrected chi connectivity index (χ4v) is 3.10. The fraction of sp³-hybridized carbons (Fsp3) is 0.769. The minimum Gasteiger partial charge on any atom is -0.394 e. The van der Waals surface area contributed by atoms with Gasteiger partial charge in [-0.25, -0.2) is 4.98 Å². The lowest BCUT2D eigenvalue weighted by Gasteiger charge is -2.29. The Morgan fingerprint density at radius 2 is 2.18 bits per heavy atom. The van der Waals surface area contributed by atoms with Gasteiger partial charge in [-0.1, -0.05) is 0 Å². The van der Waals surface area contributed by atoms with Crippen molar-refractivity contribution in [3.63, 3.8) is 0 Å². The van der Waals surface area contributed by atoms with E-state index in [0.29, 0.717) is 5.92 Å². The summed E-state index contributed by atoms with van der Waals surface area (Å²) >= 11 is 0. The van der Waals surface area contributed by atoms with Crippen molar-refractivity contribution in [2.24, 2.45) is 0 Å². The Balaban J connectivity index is 1.91. The van der Waals surface area contributed by atoms with Gasteiger partial charge in [-0.15, -0.1) is 0 Å². The molecule has 1 atom stereocenters. The lowest BCUT2D eigenvalue weighted by atomic mass is 9.97. The lowest BCUT2D eigenvalue weighted by Crippen LogP contribution is -2.25. The summed E-state index contributed by atoms with van der Waals surface area (Å²) in [5, 5.41) is 9.51. The molecule has 0 aliphatic carbocycles. The molecule has 1 fully saturated rings. The number of ether oxygens (including phenoxy) is 1. The summed E-state index contributed by atoms with van der Waals surface area (Å²) in [4.78, 5) is 4.62. The molecular formula is C13H20N2O2. The van der Waals surface area contributed by atoms with Gasteiger partial charge in [-0.3, -0.25) is 0 Å². The Kier molecular flexibility index (Phi) is 3.16. The Morgan fingerprint density at radius 3 is 2.94 bits per heavy atom. The van der Waals surface area contributed by atoms with E-state index in [9.17, 15) is 5.11 Å². The van der Waals surface area contributed by atoms with Crippen LogP contribution in [0.2, 0.25) is 0 Å². The summed E-state index contributed by atoms with van der Waals surface area (Å²) in [7, 11) is 0. The highest BCUT2D eigenvalue weighted by Gasteiger charge is 2.27. The largest absolute Gasteiger partial charge is 0.394 e. The van der Waals surface area contributed by atoms with Gasteiger partial charge in [0.25, 0.3) is 0 Å². The van der Waals surface area contributed by atoms with Crippen LogP contribution in [-0.4, -0.2) is 34.5 Å². The fourth-order valence-electron chi connectivity index (χ4n) is 3.10. The van der Waals surface area contributed by atoms with Crippen LogP contribution in [0.4, 0.5) is 0 Å². The van der Waals surface area contributed by atoms with Crippen LogP contribution >= 0.6 is 0 Å². The van der Waals surface area contributed by atoms with E-state index in [0.717, 1.165) is 38.9 Å². The third-order valence-corrected chi connectivity index (χ3v) is 4.03. The van der Waals surface area contributed by atoms with Crippen molar-refractivity contribution in [3.8, 4) is 0 Å². The van der Waals surface area contributed by atoms with Crippen LogP contribution in [0.5, 0.6) is 0 Å². The van der Waals surface area contributed by atoms with Crippen molar-refractivity contribution in [1.82, 2.24) is 9.55 Å². The maximum absolute atomic E-state index is 9.51. The molecule has 0 radical (unpaired) electrons. The molecular weight excluding hydrogens is 216 g/mol. The highest BCUT2D eigenvalue weighted by atomic mass is 16.5. The van der Waals surface area contributed by atoms with Gasteiger partial charge in [0.05, 0.1) is 12.6 Å². The molecule has 2 aliphatic heterocycles. The number of hydrogen-bond donors (Lipinski definition) is 1. The van der Waals surface area contributed by atoms with E-state index in [4.69, 9.17) is 4.74 Å². The first-order valence-corrected chi connectivity index (χ1v) is 6.64. The van der Waals surface area contributed by atoms with E-state index in [1.54, 1.807) is 0 Å². The van der Waals surface area contributed by atoms with Crippen molar-refractivity contribution in [2.45, 2.75) is 44.1 Å². The summed E-state index contributed by atoms with van der Waals surface area (Å²) < 4.78 is 7.71. The standard InChI is InChI=1S/C13H20N2O2/c16-9-12-3-1-2-11-8-14-13(15(11)12)10-4-6-17-7-5-10/h8,10,12,16H,1-7,9H2. The van der Waals surface area contributed by atoms with E-state index < -0.39 is 0 Å². The molecule has 1 saturated heterocycles. The second kappa shape index (κ2) is 4.78. The minimum absolute atomic E-state index is 0.236. The topological polar surface area (TPSA) is 47.3 Å². The van der Waals surface area contributed by atoms with E-state index in [1.807, 2.05) is 6.20 Å². The summed E-state index contributed by atoms with van der Waals surface area (Å²) in [6.45, 7) is 1.92. The molecule has 0 amide bonds. The average molecular weight is 236 g/mol. The summed E-state index contributed by atoms with van der Waals surface area (Å²) in [6.07, 6.45) is 7.49. The monoisotopic (exact) mass is 236 g/mol. The number of imidazole rings is 1. The highest BCUT2D eigenvalue weighted by Crippen LogP contribution is 2.33. The molecule has 3 rings (SSSR count). The molecule has 2 aliphatic rings. The third-order valence-electron chi connectivity index (χ3n) is 4.03. The van der Waals surface area contributed by atoms with Gasteiger partial charge < -0.3 is 14.4 Å².